The maximum absolute atomic E-state index is 13.5. The number of phenolic OH excluding ortho intramolecular Hbond substituents is 1. The van der Waals surface area contributed by atoms with E-state index in [4.69, 9.17) is 23.2 Å². The molecule has 0 radical (unpaired) electrons. The Labute approximate surface area is 237 Å². The largest absolute Gasteiger partial charge is 0.508 e. The summed E-state index contributed by atoms with van der Waals surface area (Å²) in [7, 11) is -6.31. The van der Waals surface area contributed by atoms with Crippen molar-refractivity contribution < 1.29 is 32.8 Å². The average molecular weight is 612 g/mol. The summed E-state index contributed by atoms with van der Waals surface area (Å²) in [6.07, 6.45) is 1.90. The molecule has 0 aliphatic carbocycles. The van der Waals surface area contributed by atoms with Crippen LogP contribution in [-0.4, -0.2) is 55.1 Å². The molecular formula is C27H28Cl2NO7PS. The molecule has 208 valence electrons. The van der Waals surface area contributed by atoms with E-state index in [1.54, 1.807) is 18.2 Å². The molecule has 0 aliphatic heterocycles. The number of hydrogen-bond acceptors (Lipinski definition) is 6. The van der Waals surface area contributed by atoms with E-state index in [1.807, 2.05) is 6.92 Å². The van der Waals surface area contributed by atoms with Crippen molar-refractivity contribution in [2.75, 3.05) is 18.6 Å². The molecule has 3 rings (SSSR count). The third kappa shape index (κ3) is 7.85. The second-order valence-corrected chi connectivity index (χ2v) is 15.3. The smallest absolute Gasteiger partial charge is 0.326 e. The molecule has 0 aromatic heterocycles. The maximum Gasteiger partial charge on any atom is 0.326 e. The van der Waals surface area contributed by atoms with Crippen molar-refractivity contribution in [1.29, 1.82) is 0 Å². The Kier molecular flexibility index (Phi) is 9.88. The molecule has 39 heavy (non-hydrogen) atoms. The van der Waals surface area contributed by atoms with E-state index in [0.29, 0.717) is 35.2 Å². The molecular weight excluding hydrogens is 584 g/mol. The van der Waals surface area contributed by atoms with Gasteiger partial charge in [0.2, 0.25) is 0 Å². The molecule has 0 fully saturated rings. The SMILES string of the molecule is CCP(=O)(CCc1cc(Cl)c(C(=O)N[C@@H](Cc2cccc(S(C)(=O)=O)c2)C(=O)O)c(Cl)c1)c1cccc(O)c1. The summed E-state index contributed by atoms with van der Waals surface area (Å²) >= 11 is 12.8. The summed E-state index contributed by atoms with van der Waals surface area (Å²) in [6, 6.07) is 13.9. The lowest BCUT2D eigenvalue weighted by Gasteiger charge is -2.18. The van der Waals surface area contributed by atoms with E-state index >= 15 is 0 Å². The number of benzene rings is 3. The first-order valence-corrected chi connectivity index (χ1v) is 16.6. The topological polar surface area (TPSA) is 138 Å². The summed E-state index contributed by atoms with van der Waals surface area (Å²) in [6.45, 7) is 1.81. The van der Waals surface area contributed by atoms with Crippen molar-refractivity contribution in [2.45, 2.75) is 30.7 Å². The van der Waals surface area contributed by atoms with Crippen LogP contribution < -0.4 is 10.6 Å². The molecule has 0 spiro atoms. The molecule has 3 aromatic rings. The van der Waals surface area contributed by atoms with E-state index in [2.05, 4.69) is 5.32 Å². The van der Waals surface area contributed by atoms with Gasteiger partial charge in [-0.25, -0.2) is 13.2 Å². The monoisotopic (exact) mass is 611 g/mol. The third-order valence-corrected chi connectivity index (χ3v) is 11.2. The van der Waals surface area contributed by atoms with Crippen molar-refractivity contribution >= 4 is 57.4 Å². The highest BCUT2D eigenvalue weighted by molar-refractivity contribution is 7.90. The number of aromatic hydroxyl groups is 1. The summed E-state index contributed by atoms with van der Waals surface area (Å²) in [4.78, 5) is 24.9. The Morgan fingerprint density at radius 1 is 1.00 bits per heavy atom. The fourth-order valence-corrected chi connectivity index (χ4v) is 7.76. The summed E-state index contributed by atoms with van der Waals surface area (Å²) < 4.78 is 37.2. The van der Waals surface area contributed by atoms with Gasteiger partial charge in [-0.3, -0.25) is 4.79 Å². The van der Waals surface area contributed by atoms with E-state index in [0.717, 1.165) is 6.26 Å². The second kappa shape index (κ2) is 12.6. The quantitative estimate of drug-likeness (QED) is 0.265. The molecule has 0 heterocycles. The molecule has 3 aromatic carbocycles. The predicted octanol–water partition coefficient (Wildman–Crippen LogP) is 4.78. The Bertz CT molecular complexity index is 1540. The van der Waals surface area contributed by atoms with Crippen molar-refractivity contribution in [3.63, 3.8) is 0 Å². The first-order valence-electron chi connectivity index (χ1n) is 11.9. The highest BCUT2D eigenvalue weighted by atomic mass is 35.5. The van der Waals surface area contributed by atoms with Crippen LogP contribution in [0.4, 0.5) is 0 Å². The van der Waals surface area contributed by atoms with Gasteiger partial charge in [0.1, 0.15) is 18.9 Å². The Balaban J connectivity index is 1.77. The fraction of sp³-hybridized carbons (Fsp3) is 0.259. The number of halogens is 2. The minimum absolute atomic E-state index is 0.00176. The van der Waals surface area contributed by atoms with Gasteiger partial charge in [-0.1, -0.05) is 54.4 Å². The highest BCUT2D eigenvalue weighted by Crippen LogP contribution is 2.45. The minimum atomic E-state index is -3.49. The van der Waals surface area contributed by atoms with Crippen LogP contribution in [0, 0.1) is 0 Å². The summed E-state index contributed by atoms with van der Waals surface area (Å²) in [5.41, 5.74) is 0.942. The molecule has 0 saturated carbocycles. The van der Waals surface area contributed by atoms with Crippen LogP contribution in [0.1, 0.15) is 28.4 Å². The summed E-state index contributed by atoms with van der Waals surface area (Å²) in [5, 5.41) is 22.4. The van der Waals surface area contributed by atoms with Gasteiger partial charge in [0.25, 0.3) is 5.91 Å². The van der Waals surface area contributed by atoms with Crippen LogP contribution in [0.15, 0.2) is 65.6 Å². The zero-order chi connectivity index (χ0) is 29.0. The molecule has 12 heteroatoms. The molecule has 1 amide bonds. The minimum Gasteiger partial charge on any atom is -0.508 e. The molecule has 8 nitrogen and oxygen atoms in total. The zero-order valence-corrected chi connectivity index (χ0v) is 24.4. The maximum atomic E-state index is 13.5. The lowest BCUT2D eigenvalue weighted by molar-refractivity contribution is -0.139. The van der Waals surface area contributed by atoms with Crippen molar-refractivity contribution in [3.8, 4) is 5.75 Å². The predicted molar refractivity (Wildman–Crippen MR) is 153 cm³/mol. The van der Waals surface area contributed by atoms with Crippen LogP contribution in [-0.2, 0) is 32.0 Å². The molecule has 0 bridgehead atoms. The molecule has 0 aliphatic rings. The number of aliphatic carboxylic acids is 1. The number of nitrogens with one attached hydrogen (secondary N) is 1. The molecule has 0 saturated heterocycles. The zero-order valence-electron chi connectivity index (χ0n) is 21.2. The number of phenols is 1. The number of carboxylic acid groups (broad SMARTS) is 1. The van der Waals surface area contributed by atoms with Crippen molar-refractivity contribution in [2.24, 2.45) is 0 Å². The summed E-state index contributed by atoms with van der Waals surface area (Å²) in [5.74, 6) is -2.09. The highest BCUT2D eigenvalue weighted by Gasteiger charge is 2.26. The van der Waals surface area contributed by atoms with E-state index in [-0.39, 0.29) is 32.7 Å². The van der Waals surface area contributed by atoms with Gasteiger partial charge in [-0.05, 0) is 53.9 Å². The number of carbonyl (C=O) groups excluding carboxylic acids is 1. The number of aryl methyl sites for hydroxylation is 1. The van der Waals surface area contributed by atoms with E-state index < -0.39 is 34.9 Å². The van der Waals surface area contributed by atoms with Gasteiger partial charge in [0, 0.05) is 30.3 Å². The number of hydrogen-bond donors (Lipinski definition) is 3. The molecule has 3 N–H and O–H groups in total. The van der Waals surface area contributed by atoms with Gasteiger partial charge < -0.3 is 20.1 Å². The van der Waals surface area contributed by atoms with Crippen LogP contribution in [0.3, 0.4) is 0 Å². The molecule has 2 atom stereocenters. The standard InChI is InChI=1S/C27H28Cl2NO7PS/c1-3-38(35,20-8-5-7-19(31)16-20)11-10-18-13-22(28)25(23(29)14-18)26(32)30-24(27(33)34)15-17-6-4-9-21(12-17)39(2,36)37/h4-9,12-14,16,24,31H,3,10-11,15H2,1-2H3,(H,30,32)(H,33,34)/t24-,38?/m0/s1. The van der Waals surface area contributed by atoms with E-state index in [9.17, 15) is 32.8 Å². The second-order valence-electron chi connectivity index (χ2n) is 9.12. The third-order valence-electron chi connectivity index (χ3n) is 6.27. The molecule has 1 unspecified atom stereocenters. The van der Waals surface area contributed by atoms with Gasteiger partial charge in [0.05, 0.1) is 20.5 Å². The number of sulfone groups is 1. The average Bonchev–Trinajstić information content (AvgIpc) is 2.86. The number of rotatable bonds is 11. The van der Waals surface area contributed by atoms with E-state index in [1.165, 1.54) is 42.5 Å². The first kappa shape index (κ1) is 30.7. The number of carbonyl (C=O) groups is 2. The van der Waals surface area contributed by atoms with Crippen LogP contribution in [0.2, 0.25) is 10.0 Å². The van der Waals surface area contributed by atoms with Crippen molar-refractivity contribution in [1.82, 2.24) is 5.32 Å². The fourth-order valence-electron chi connectivity index (χ4n) is 4.08. The van der Waals surface area contributed by atoms with Gasteiger partial charge in [-0.15, -0.1) is 0 Å². The van der Waals surface area contributed by atoms with Gasteiger partial charge in [0.15, 0.2) is 9.84 Å². The van der Waals surface area contributed by atoms with Gasteiger partial charge in [-0.2, -0.15) is 0 Å². The van der Waals surface area contributed by atoms with Crippen LogP contribution in [0.5, 0.6) is 5.75 Å². The Hall–Kier alpha value is -2.84. The number of carboxylic acids is 1. The first-order chi connectivity index (χ1) is 18.2. The van der Waals surface area contributed by atoms with Gasteiger partial charge >= 0.3 is 5.97 Å². The Morgan fingerprint density at radius 3 is 2.21 bits per heavy atom. The normalized spacial score (nSPS) is 13.8. The Morgan fingerprint density at radius 2 is 1.64 bits per heavy atom. The van der Waals surface area contributed by atoms with Crippen LogP contribution in [0.25, 0.3) is 0 Å². The number of amides is 1. The lowest BCUT2D eigenvalue weighted by atomic mass is 10.0. The van der Waals surface area contributed by atoms with Crippen LogP contribution >= 0.6 is 30.3 Å². The lowest BCUT2D eigenvalue weighted by Crippen LogP contribution is -2.42. The van der Waals surface area contributed by atoms with Crippen molar-refractivity contribution in [3.05, 3.63) is 87.4 Å².